The van der Waals surface area contributed by atoms with Gasteiger partial charge in [-0.25, -0.2) is 8.42 Å². The highest BCUT2D eigenvalue weighted by Gasteiger charge is 2.23. The van der Waals surface area contributed by atoms with Gasteiger partial charge in [-0.15, -0.1) is 0 Å². The first-order valence-electron chi connectivity index (χ1n) is 10.1. The minimum absolute atomic E-state index is 0.156. The lowest BCUT2D eigenvalue weighted by Gasteiger charge is -2.26. The van der Waals surface area contributed by atoms with Crippen molar-refractivity contribution in [2.75, 3.05) is 31.0 Å². The molecule has 29 heavy (non-hydrogen) atoms. The second kappa shape index (κ2) is 9.41. The van der Waals surface area contributed by atoms with Gasteiger partial charge in [-0.2, -0.15) is 0 Å². The van der Waals surface area contributed by atoms with Gasteiger partial charge in [-0.05, 0) is 68.8 Å². The Morgan fingerprint density at radius 3 is 2.28 bits per heavy atom. The lowest BCUT2D eigenvalue weighted by Crippen LogP contribution is -2.42. The second-order valence-corrected chi connectivity index (χ2v) is 9.32. The smallest absolute Gasteiger partial charge is 0.264 e. The summed E-state index contributed by atoms with van der Waals surface area (Å²) in [6.07, 6.45) is 3.43. The molecule has 1 amide bonds. The molecule has 1 fully saturated rings. The molecular weight excluding hydrogens is 386 g/mol. The van der Waals surface area contributed by atoms with Crippen molar-refractivity contribution < 1.29 is 13.2 Å². The molecule has 0 radical (unpaired) electrons. The summed E-state index contributed by atoms with van der Waals surface area (Å²) in [4.78, 5) is 15.1. The molecule has 6 nitrogen and oxygen atoms in total. The molecule has 0 bridgehead atoms. The van der Waals surface area contributed by atoms with Crippen LogP contribution in [0.1, 0.15) is 36.5 Å². The topological polar surface area (TPSA) is 69.7 Å². The van der Waals surface area contributed by atoms with E-state index in [0.29, 0.717) is 23.8 Å². The van der Waals surface area contributed by atoms with Gasteiger partial charge in [0.1, 0.15) is 0 Å². The van der Waals surface area contributed by atoms with E-state index in [1.807, 2.05) is 6.07 Å². The van der Waals surface area contributed by atoms with Gasteiger partial charge in [-0.3, -0.25) is 14.0 Å². The van der Waals surface area contributed by atoms with Crippen LogP contribution in [0.2, 0.25) is 0 Å². The van der Waals surface area contributed by atoms with Crippen molar-refractivity contribution in [1.82, 2.24) is 10.2 Å². The number of anilines is 1. The number of likely N-dealkylation sites (tertiary alicyclic amines) is 1. The van der Waals surface area contributed by atoms with Crippen molar-refractivity contribution in [3.63, 3.8) is 0 Å². The summed E-state index contributed by atoms with van der Waals surface area (Å²) in [5, 5.41) is 2.99. The van der Waals surface area contributed by atoms with Crippen LogP contribution < -0.4 is 9.62 Å². The number of hydrogen-bond acceptors (Lipinski definition) is 4. The molecule has 2 aromatic rings. The highest BCUT2D eigenvalue weighted by Crippen LogP contribution is 2.22. The van der Waals surface area contributed by atoms with Gasteiger partial charge < -0.3 is 5.32 Å². The molecule has 3 rings (SSSR count). The summed E-state index contributed by atoms with van der Waals surface area (Å²) in [6, 6.07) is 15.4. The van der Waals surface area contributed by atoms with E-state index in [0.717, 1.165) is 19.5 Å². The molecular formula is C22H29N3O3S. The Balaban J connectivity index is 1.65. The fourth-order valence-electron chi connectivity index (χ4n) is 3.66. The molecule has 1 heterocycles. The van der Waals surface area contributed by atoms with Gasteiger partial charge in [0, 0.05) is 25.2 Å². The average molecular weight is 416 g/mol. The number of carbonyl (C=O) groups excluding carboxylic acids is 1. The van der Waals surface area contributed by atoms with Crippen LogP contribution in [-0.2, 0) is 10.0 Å². The minimum Gasteiger partial charge on any atom is -0.350 e. The number of amides is 1. The normalized spacial score (nSPS) is 15.8. The van der Waals surface area contributed by atoms with Crippen LogP contribution in [0.25, 0.3) is 0 Å². The molecule has 2 aromatic carbocycles. The van der Waals surface area contributed by atoms with E-state index in [2.05, 4.69) is 17.1 Å². The molecule has 0 spiro atoms. The molecule has 156 valence electrons. The van der Waals surface area contributed by atoms with E-state index in [1.165, 1.54) is 36.3 Å². The number of rotatable bonds is 8. The third-order valence-electron chi connectivity index (χ3n) is 5.52. The predicted octanol–water partition coefficient (Wildman–Crippen LogP) is 3.12. The molecule has 1 N–H and O–H groups in total. The molecule has 0 aromatic heterocycles. The van der Waals surface area contributed by atoms with Crippen molar-refractivity contribution >= 4 is 21.6 Å². The number of benzene rings is 2. The van der Waals surface area contributed by atoms with E-state index in [1.54, 1.807) is 36.4 Å². The monoisotopic (exact) mass is 415 g/mol. The van der Waals surface area contributed by atoms with E-state index in [9.17, 15) is 13.2 Å². The van der Waals surface area contributed by atoms with Crippen LogP contribution in [0.3, 0.4) is 0 Å². The molecule has 0 aliphatic carbocycles. The van der Waals surface area contributed by atoms with Crippen LogP contribution in [-0.4, -0.2) is 51.9 Å². The summed E-state index contributed by atoms with van der Waals surface area (Å²) in [6.45, 7) is 4.93. The fourth-order valence-corrected chi connectivity index (χ4v) is 4.86. The summed E-state index contributed by atoms with van der Waals surface area (Å²) >= 11 is 0. The lowest BCUT2D eigenvalue weighted by atomic mass is 10.1. The van der Waals surface area contributed by atoms with E-state index in [4.69, 9.17) is 0 Å². The van der Waals surface area contributed by atoms with Crippen LogP contribution in [0.15, 0.2) is 59.5 Å². The molecule has 1 saturated heterocycles. The first-order valence-corrected chi connectivity index (χ1v) is 11.5. The first kappa shape index (κ1) is 21.3. The highest BCUT2D eigenvalue weighted by molar-refractivity contribution is 7.92. The Labute approximate surface area is 173 Å². The minimum atomic E-state index is -3.68. The number of sulfonamides is 1. The maximum absolute atomic E-state index is 12.8. The van der Waals surface area contributed by atoms with Crippen molar-refractivity contribution in [2.24, 2.45) is 0 Å². The van der Waals surface area contributed by atoms with Crippen LogP contribution >= 0.6 is 0 Å². The summed E-state index contributed by atoms with van der Waals surface area (Å²) in [5.41, 5.74) is 1.05. The van der Waals surface area contributed by atoms with E-state index >= 15 is 0 Å². The van der Waals surface area contributed by atoms with E-state index in [-0.39, 0.29) is 10.8 Å². The fraction of sp³-hybridized carbons (Fsp3) is 0.409. The zero-order chi connectivity index (χ0) is 20.9. The molecule has 1 unspecified atom stereocenters. The molecule has 1 atom stereocenters. The van der Waals surface area contributed by atoms with E-state index < -0.39 is 10.0 Å². The molecule has 1 aliphatic heterocycles. The zero-order valence-corrected chi connectivity index (χ0v) is 17.9. The Hall–Kier alpha value is -2.38. The lowest BCUT2D eigenvalue weighted by molar-refractivity contribution is 0.0937. The highest BCUT2D eigenvalue weighted by atomic mass is 32.2. The standard InChI is InChI=1S/C22H29N3O3S/c1-3-19(25-15-7-8-16-25)17-23-22(26)18-11-13-21(14-12-18)29(27,28)24(2)20-9-5-4-6-10-20/h4-6,9-14,19H,3,7-8,15-17H2,1-2H3,(H,23,26). The Morgan fingerprint density at radius 2 is 1.69 bits per heavy atom. The largest absolute Gasteiger partial charge is 0.350 e. The predicted molar refractivity (Wildman–Crippen MR) is 116 cm³/mol. The quantitative estimate of drug-likeness (QED) is 0.719. The summed E-state index contributed by atoms with van der Waals surface area (Å²) in [7, 11) is -2.16. The molecule has 7 heteroatoms. The zero-order valence-electron chi connectivity index (χ0n) is 17.0. The number of para-hydroxylation sites is 1. The van der Waals surface area contributed by atoms with Crippen molar-refractivity contribution in [3.05, 3.63) is 60.2 Å². The Morgan fingerprint density at radius 1 is 1.07 bits per heavy atom. The average Bonchev–Trinajstić information content (AvgIpc) is 3.29. The SMILES string of the molecule is CCC(CNC(=O)c1ccc(S(=O)(=O)N(C)c2ccccc2)cc1)N1CCCC1. The van der Waals surface area contributed by atoms with Gasteiger partial charge in [-0.1, -0.05) is 25.1 Å². The van der Waals surface area contributed by atoms with Crippen molar-refractivity contribution in [3.8, 4) is 0 Å². The van der Waals surface area contributed by atoms with Gasteiger partial charge in [0.05, 0.1) is 10.6 Å². The third kappa shape index (κ3) is 4.97. The van der Waals surface area contributed by atoms with Crippen LogP contribution in [0.5, 0.6) is 0 Å². The van der Waals surface area contributed by atoms with Gasteiger partial charge in [0.25, 0.3) is 15.9 Å². The van der Waals surface area contributed by atoms with Gasteiger partial charge in [0.15, 0.2) is 0 Å². The maximum Gasteiger partial charge on any atom is 0.264 e. The number of carbonyl (C=O) groups is 1. The maximum atomic E-state index is 12.8. The number of nitrogens with one attached hydrogen (secondary N) is 1. The van der Waals surface area contributed by atoms with Crippen LogP contribution in [0.4, 0.5) is 5.69 Å². The van der Waals surface area contributed by atoms with Crippen molar-refractivity contribution in [2.45, 2.75) is 37.1 Å². The van der Waals surface area contributed by atoms with Gasteiger partial charge in [0.2, 0.25) is 0 Å². The van der Waals surface area contributed by atoms with Crippen LogP contribution in [0, 0.1) is 0 Å². The van der Waals surface area contributed by atoms with Crippen molar-refractivity contribution in [1.29, 1.82) is 0 Å². The third-order valence-corrected chi connectivity index (χ3v) is 7.32. The second-order valence-electron chi connectivity index (χ2n) is 7.35. The van der Waals surface area contributed by atoms with Gasteiger partial charge >= 0.3 is 0 Å². The Kier molecular flexibility index (Phi) is 6.92. The Bertz CT molecular complexity index is 908. The summed E-state index contributed by atoms with van der Waals surface area (Å²) < 4.78 is 26.9. The first-order chi connectivity index (χ1) is 13.9. The molecule has 1 aliphatic rings. The molecule has 0 saturated carbocycles. The number of hydrogen-bond donors (Lipinski definition) is 1. The summed E-state index contributed by atoms with van der Waals surface area (Å²) in [5.74, 6) is -0.178. The number of nitrogens with zero attached hydrogens (tertiary/aromatic N) is 2.